The molecule has 1 rings (SSSR count). The van der Waals surface area contributed by atoms with E-state index in [2.05, 4.69) is 18.4 Å². The second kappa shape index (κ2) is 3.57. The molecule has 1 aromatic heterocycles. The molecule has 0 aliphatic carbocycles. The number of hydrogen-bond donors (Lipinski definition) is 1. The van der Waals surface area contributed by atoms with Gasteiger partial charge in [-0.15, -0.1) is 11.3 Å². The Morgan fingerprint density at radius 3 is 3.00 bits per heavy atom. The van der Waals surface area contributed by atoms with Gasteiger partial charge < -0.3 is 5.11 Å². The van der Waals surface area contributed by atoms with E-state index in [4.69, 9.17) is 0 Å². The Morgan fingerprint density at radius 2 is 2.50 bits per heavy atom. The van der Waals surface area contributed by atoms with Gasteiger partial charge in [0, 0.05) is 0 Å². The molecule has 62 valence electrons. The van der Waals surface area contributed by atoms with Gasteiger partial charge in [-0.05, 0) is 24.4 Å². The third-order valence-electron chi connectivity index (χ3n) is 1.36. The van der Waals surface area contributed by atoms with E-state index < -0.39 is 5.60 Å². The van der Waals surface area contributed by atoms with Crippen LogP contribution in [0.15, 0.2) is 30.2 Å². The van der Waals surface area contributed by atoms with Crippen LogP contribution in [0.5, 0.6) is 0 Å². The van der Waals surface area contributed by atoms with Crippen LogP contribution >= 0.6 is 11.3 Å². The minimum Gasteiger partial charge on any atom is -0.374 e. The van der Waals surface area contributed by atoms with Gasteiger partial charge in [0.25, 0.3) is 0 Å². The highest BCUT2D eigenvalue weighted by atomic mass is 32.1. The zero-order chi connectivity index (χ0) is 9.03. The summed E-state index contributed by atoms with van der Waals surface area (Å²) in [6.07, 6.45) is 1.42. The molecule has 1 unspecified atom stereocenters. The van der Waals surface area contributed by atoms with E-state index in [1.165, 1.54) is 6.08 Å². The highest BCUT2D eigenvalue weighted by molar-refractivity contribution is 7.10. The first-order chi connectivity index (χ1) is 5.64. The lowest BCUT2D eigenvalue weighted by molar-refractivity contribution is 0.175. The van der Waals surface area contributed by atoms with Crippen LogP contribution < -0.4 is 0 Å². The molecule has 1 nitrogen and oxygen atoms in total. The Balaban J connectivity index is 2.79. The van der Waals surface area contributed by atoms with Gasteiger partial charge in [-0.1, -0.05) is 24.5 Å². The largest absolute Gasteiger partial charge is 0.374 e. The smallest absolute Gasteiger partial charge is 0.141 e. The first kappa shape index (κ1) is 9.05. The Morgan fingerprint density at radius 1 is 1.75 bits per heavy atom. The fourth-order valence-corrected chi connectivity index (χ4v) is 1.16. The van der Waals surface area contributed by atoms with E-state index in [0.29, 0.717) is 0 Å². The highest BCUT2D eigenvalue weighted by Gasteiger charge is 2.09. The number of thiophene rings is 1. The van der Waals surface area contributed by atoms with Crippen LogP contribution in [-0.4, -0.2) is 10.7 Å². The van der Waals surface area contributed by atoms with Crippen molar-refractivity contribution in [1.82, 2.24) is 0 Å². The first-order valence-corrected chi connectivity index (χ1v) is 4.45. The normalized spacial score (nSPS) is 14.2. The summed E-state index contributed by atoms with van der Waals surface area (Å²) < 4.78 is 0. The summed E-state index contributed by atoms with van der Waals surface area (Å²) in [6, 6.07) is 3.84. The third kappa shape index (κ3) is 2.54. The predicted octanol–water partition coefficient (Wildman–Crippen LogP) is 2.04. The maximum absolute atomic E-state index is 9.43. The standard InChI is InChI=1S/C10H10OS/c1-3-10(2,11)7-6-9-5-4-8-12-9/h3-5,8,11H,1H2,2H3. The van der Waals surface area contributed by atoms with Gasteiger partial charge in [-0.3, -0.25) is 0 Å². The maximum Gasteiger partial charge on any atom is 0.141 e. The summed E-state index contributed by atoms with van der Waals surface area (Å²) in [5, 5.41) is 11.4. The lowest BCUT2D eigenvalue weighted by Gasteiger charge is -2.07. The van der Waals surface area contributed by atoms with Crippen LogP contribution in [0.3, 0.4) is 0 Å². The Labute approximate surface area is 76.4 Å². The Kier molecular flexibility index (Phi) is 2.69. The van der Waals surface area contributed by atoms with E-state index in [1.807, 2.05) is 17.5 Å². The molecular weight excluding hydrogens is 168 g/mol. The fraction of sp³-hybridized carbons (Fsp3) is 0.200. The summed E-state index contributed by atoms with van der Waals surface area (Å²) in [5.74, 6) is 5.57. The molecule has 2 heteroatoms. The lowest BCUT2D eigenvalue weighted by atomic mass is 10.1. The van der Waals surface area contributed by atoms with E-state index >= 15 is 0 Å². The SMILES string of the molecule is C=CC(C)(O)C#Cc1cccs1. The average molecular weight is 178 g/mol. The molecule has 0 fully saturated rings. The van der Waals surface area contributed by atoms with E-state index in [0.717, 1.165) is 4.88 Å². The second-order valence-electron chi connectivity index (χ2n) is 2.58. The molecule has 0 amide bonds. The second-order valence-corrected chi connectivity index (χ2v) is 3.53. The van der Waals surface area contributed by atoms with Crippen molar-refractivity contribution in [2.75, 3.05) is 0 Å². The number of hydrogen-bond acceptors (Lipinski definition) is 2. The van der Waals surface area contributed by atoms with Crippen molar-refractivity contribution in [3.63, 3.8) is 0 Å². The fourth-order valence-electron chi connectivity index (χ4n) is 0.589. The minimum absolute atomic E-state index is 0.956. The Bertz CT molecular complexity index is 311. The van der Waals surface area contributed by atoms with Gasteiger partial charge in [0.15, 0.2) is 0 Å². The van der Waals surface area contributed by atoms with Crippen LogP contribution in [-0.2, 0) is 0 Å². The summed E-state index contributed by atoms with van der Waals surface area (Å²) in [6.45, 7) is 5.09. The number of rotatable bonds is 1. The molecule has 1 aromatic rings. The van der Waals surface area contributed by atoms with E-state index in [9.17, 15) is 5.11 Å². The molecule has 0 aliphatic heterocycles. The van der Waals surface area contributed by atoms with Crippen molar-refractivity contribution in [1.29, 1.82) is 0 Å². The monoisotopic (exact) mass is 178 g/mol. The summed E-state index contributed by atoms with van der Waals surface area (Å²) in [7, 11) is 0. The topological polar surface area (TPSA) is 20.2 Å². The Hall–Kier alpha value is -1.04. The van der Waals surface area contributed by atoms with Gasteiger partial charge in [0.1, 0.15) is 5.60 Å². The molecule has 0 bridgehead atoms. The van der Waals surface area contributed by atoms with Gasteiger partial charge in [-0.2, -0.15) is 0 Å². The highest BCUT2D eigenvalue weighted by Crippen LogP contribution is 2.07. The van der Waals surface area contributed by atoms with E-state index in [-0.39, 0.29) is 0 Å². The first-order valence-electron chi connectivity index (χ1n) is 3.57. The molecule has 1 heterocycles. The van der Waals surface area contributed by atoms with Gasteiger partial charge in [0.2, 0.25) is 0 Å². The van der Waals surface area contributed by atoms with Crippen LogP contribution in [0.2, 0.25) is 0 Å². The molecule has 0 spiro atoms. The van der Waals surface area contributed by atoms with E-state index in [1.54, 1.807) is 18.3 Å². The van der Waals surface area contributed by atoms with Crippen molar-refractivity contribution in [3.8, 4) is 11.8 Å². The summed E-state index contributed by atoms with van der Waals surface area (Å²) in [5.41, 5.74) is -1.08. The van der Waals surface area contributed by atoms with Gasteiger partial charge in [0.05, 0.1) is 4.88 Å². The van der Waals surface area contributed by atoms with Crippen molar-refractivity contribution >= 4 is 11.3 Å². The van der Waals surface area contributed by atoms with Crippen LogP contribution in [0.4, 0.5) is 0 Å². The van der Waals surface area contributed by atoms with Crippen LogP contribution in [0.1, 0.15) is 11.8 Å². The van der Waals surface area contributed by atoms with Crippen molar-refractivity contribution < 1.29 is 5.11 Å². The quantitative estimate of drug-likeness (QED) is 0.515. The molecular formula is C10H10OS. The predicted molar refractivity (Wildman–Crippen MR) is 52.0 cm³/mol. The molecule has 12 heavy (non-hydrogen) atoms. The zero-order valence-corrected chi connectivity index (χ0v) is 7.69. The molecule has 1 N–H and O–H groups in total. The van der Waals surface area contributed by atoms with Crippen molar-refractivity contribution in [2.45, 2.75) is 12.5 Å². The molecule has 0 aliphatic rings. The van der Waals surface area contributed by atoms with Crippen LogP contribution in [0.25, 0.3) is 0 Å². The average Bonchev–Trinajstić information content (AvgIpc) is 2.53. The summed E-state index contributed by atoms with van der Waals surface area (Å²) >= 11 is 1.56. The van der Waals surface area contributed by atoms with Crippen molar-refractivity contribution in [3.05, 3.63) is 35.0 Å². The third-order valence-corrected chi connectivity index (χ3v) is 2.14. The molecule has 1 atom stereocenters. The molecule has 0 saturated carbocycles. The molecule has 0 saturated heterocycles. The van der Waals surface area contributed by atoms with Gasteiger partial charge in [-0.25, -0.2) is 0 Å². The molecule has 0 radical (unpaired) electrons. The van der Waals surface area contributed by atoms with Crippen molar-refractivity contribution in [2.24, 2.45) is 0 Å². The number of aliphatic hydroxyl groups is 1. The minimum atomic E-state index is -1.08. The maximum atomic E-state index is 9.43. The van der Waals surface area contributed by atoms with Crippen LogP contribution in [0, 0.1) is 11.8 Å². The zero-order valence-electron chi connectivity index (χ0n) is 6.87. The molecule has 0 aromatic carbocycles. The summed E-state index contributed by atoms with van der Waals surface area (Å²) in [4.78, 5) is 0.956. The van der Waals surface area contributed by atoms with Gasteiger partial charge >= 0.3 is 0 Å². The lowest BCUT2D eigenvalue weighted by Crippen LogP contribution is -2.16.